The van der Waals surface area contributed by atoms with Gasteiger partial charge >= 0.3 is 0 Å². The first-order chi connectivity index (χ1) is 32.7. The van der Waals surface area contributed by atoms with Crippen LogP contribution in [0.3, 0.4) is 0 Å². The van der Waals surface area contributed by atoms with Crippen molar-refractivity contribution in [2.75, 3.05) is 0 Å². The van der Waals surface area contributed by atoms with Crippen LogP contribution >= 0.6 is 11.3 Å². The predicted octanol–water partition coefficient (Wildman–Crippen LogP) is 16.7. The summed E-state index contributed by atoms with van der Waals surface area (Å²) in [5.41, 5.74) is 17.1. The zero-order chi connectivity index (χ0) is 43.6. The molecule has 13 rings (SSSR count). The molecule has 0 aliphatic heterocycles. The lowest BCUT2D eigenvalue weighted by atomic mass is 9.67. The Morgan fingerprint density at radius 2 is 0.818 bits per heavy atom. The largest absolute Gasteiger partial charge is 0.228 e. The molecule has 1 aliphatic carbocycles. The molecule has 2 nitrogen and oxygen atoms in total. The van der Waals surface area contributed by atoms with Gasteiger partial charge in [-0.25, -0.2) is 9.97 Å². The number of thiophene rings is 1. The van der Waals surface area contributed by atoms with Crippen molar-refractivity contribution in [1.82, 2.24) is 9.97 Å². The fraction of sp³-hybridized carbons (Fsp3) is 0.0159. The highest BCUT2D eigenvalue weighted by atomic mass is 32.1. The Balaban J connectivity index is 0.916. The van der Waals surface area contributed by atoms with Crippen molar-refractivity contribution in [3.8, 4) is 67.3 Å². The maximum Gasteiger partial charge on any atom is 0.160 e. The first kappa shape index (κ1) is 38.2. The van der Waals surface area contributed by atoms with E-state index in [0.29, 0.717) is 5.82 Å². The molecule has 0 spiro atoms. The van der Waals surface area contributed by atoms with Crippen LogP contribution < -0.4 is 0 Å². The van der Waals surface area contributed by atoms with E-state index < -0.39 is 5.41 Å². The Hall–Kier alpha value is -8.24. The molecule has 10 aromatic carbocycles. The van der Waals surface area contributed by atoms with Crippen molar-refractivity contribution >= 4 is 42.3 Å². The molecule has 0 amide bonds. The van der Waals surface area contributed by atoms with Crippen LogP contribution in [0.4, 0.5) is 0 Å². The minimum absolute atomic E-state index is 0.441. The summed E-state index contributed by atoms with van der Waals surface area (Å²) in [6.07, 6.45) is 0. The SMILES string of the molecule is c1ccc(-c2nc(-c3ccc(-c4ccc(-c5ccc6c(c5)C(c5ccccc5)(c5ccccc5)c5ccccc5-6)cc4)c4ccccc34)cc(-c3cccc4c3sc3ccccc34)n2)cc1. The van der Waals surface area contributed by atoms with E-state index >= 15 is 0 Å². The van der Waals surface area contributed by atoms with Crippen molar-refractivity contribution in [1.29, 1.82) is 0 Å². The Morgan fingerprint density at radius 3 is 1.56 bits per heavy atom. The van der Waals surface area contributed by atoms with Gasteiger partial charge in [0, 0.05) is 36.9 Å². The summed E-state index contributed by atoms with van der Waals surface area (Å²) in [5, 5.41) is 4.86. The quantitative estimate of drug-likeness (QED) is 0.160. The number of benzene rings is 10. The lowest BCUT2D eigenvalue weighted by Gasteiger charge is -2.34. The van der Waals surface area contributed by atoms with Gasteiger partial charge in [-0.05, 0) is 84.6 Å². The topological polar surface area (TPSA) is 25.8 Å². The van der Waals surface area contributed by atoms with Crippen LogP contribution in [-0.4, -0.2) is 9.97 Å². The number of nitrogens with zero attached hydrogens (tertiary/aromatic N) is 2. The molecule has 1 aliphatic rings. The van der Waals surface area contributed by atoms with Crippen LogP contribution in [0, 0.1) is 0 Å². The molecule has 0 radical (unpaired) electrons. The molecular formula is C63H40N2S. The van der Waals surface area contributed by atoms with E-state index in [4.69, 9.17) is 9.97 Å². The Kier molecular flexibility index (Phi) is 8.97. The van der Waals surface area contributed by atoms with E-state index in [1.165, 1.54) is 81.2 Å². The highest BCUT2D eigenvalue weighted by molar-refractivity contribution is 7.26. The summed E-state index contributed by atoms with van der Waals surface area (Å²) in [7, 11) is 0. The first-order valence-corrected chi connectivity index (χ1v) is 23.4. The van der Waals surface area contributed by atoms with Crippen molar-refractivity contribution in [3.63, 3.8) is 0 Å². The molecule has 12 aromatic rings. The second-order valence-electron chi connectivity index (χ2n) is 17.2. The van der Waals surface area contributed by atoms with Gasteiger partial charge < -0.3 is 0 Å². The molecule has 0 atom stereocenters. The third kappa shape index (κ3) is 6.01. The summed E-state index contributed by atoms with van der Waals surface area (Å²) >= 11 is 1.83. The second-order valence-corrected chi connectivity index (χ2v) is 18.2. The van der Waals surface area contributed by atoms with Gasteiger partial charge in [0.15, 0.2) is 5.82 Å². The van der Waals surface area contributed by atoms with Crippen molar-refractivity contribution in [3.05, 3.63) is 265 Å². The van der Waals surface area contributed by atoms with E-state index in [1.807, 2.05) is 17.4 Å². The number of fused-ring (bicyclic) bond motifs is 7. The summed E-state index contributed by atoms with van der Waals surface area (Å²) in [6.45, 7) is 0. The zero-order valence-corrected chi connectivity index (χ0v) is 36.7. The Morgan fingerprint density at radius 1 is 0.303 bits per heavy atom. The van der Waals surface area contributed by atoms with Crippen LogP contribution in [0.25, 0.3) is 98.2 Å². The van der Waals surface area contributed by atoms with Crippen molar-refractivity contribution < 1.29 is 0 Å². The average Bonchev–Trinajstić information content (AvgIpc) is 3.93. The second kappa shape index (κ2) is 15.5. The van der Waals surface area contributed by atoms with Gasteiger partial charge in [-0.1, -0.05) is 224 Å². The van der Waals surface area contributed by atoms with Crippen LogP contribution in [0.15, 0.2) is 243 Å². The molecule has 0 saturated heterocycles. The van der Waals surface area contributed by atoms with Gasteiger partial charge in [0.2, 0.25) is 0 Å². The van der Waals surface area contributed by atoms with Crippen LogP contribution in [0.1, 0.15) is 22.3 Å². The highest BCUT2D eigenvalue weighted by Crippen LogP contribution is 2.56. The summed E-state index contributed by atoms with van der Waals surface area (Å²) in [6, 6.07) is 88.2. The van der Waals surface area contributed by atoms with Gasteiger partial charge in [0.1, 0.15) is 0 Å². The average molecular weight is 857 g/mol. The maximum absolute atomic E-state index is 5.30. The summed E-state index contributed by atoms with van der Waals surface area (Å²) < 4.78 is 2.52. The normalized spacial score (nSPS) is 12.7. The van der Waals surface area contributed by atoms with Crippen LogP contribution in [0.2, 0.25) is 0 Å². The fourth-order valence-electron chi connectivity index (χ4n) is 10.6. The van der Waals surface area contributed by atoms with E-state index in [-0.39, 0.29) is 0 Å². The molecule has 308 valence electrons. The minimum Gasteiger partial charge on any atom is -0.228 e. The van der Waals surface area contributed by atoms with Gasteiger partial charge in [-0.15, -0.1) is 11.3 Å². The van der Waals surface area contributed by atoms with E-state index in [0.717, 1.165) is 33.5 Å². The van der Waals surface area contributed by atoms with Crippen molar-refractivity contribution in [2.45, 2.75) is 5.41 Å². The molecule has 0 N–H and O–H groups in total. The molecule has 2 aromatic heterocycles. The van der Waals surface area contributed by atoms with Crippen molar-refractivity contribution in [2.24, 2.45) is 0 Å². The predicted molar refractivity (Wildman–Crippen MR) is 277 cm³/mol. The first-order valence-electron chi connectivity index (χ1n) is 22.6. The molecule has 66 heavy (non-hydrogen) atoms. The fourth-order valence-corrected chi connectivity index (χ4v) is 11.9. The summed E-state index contributed by atoms with van der Waals surface area (Å²) in [5.74, 6) is 0.713. The minimum atomic E-state index is -0.441. The molecule has 3 heteroatoms. The third-order valence-electron chi connectivity index (χ3n) is 13.6. The van der Waals surface area contributed by atoms with Gasteiger partial charge in [0.05, 0.1) is 16.8 Å². The van der Waals surface area contributed by atoms with E-state index in [9.17, 15) is 0 Å². The van der Waals surface area contributed by atoms with Crippen LogP contribution in [-0.2, 0) is 5.41 Å². The number of rotatable bonds is 7. The Labute approximate surface area is 387 Å². The monoisotopic (exact) mass is 856 g/mol. The number of hydrogen-bond donors (Lipinski definition) is 0. The zero-order valence-electron chi connectivity index (χ0n) is 35.9. The van der Waals surface area contributed by atoms with E-state index in [2.05, 4.69) is 237 Å². The molecule has 2 heterocycles. The molecule has 0 fully saturated rings. The lowest BCUT2D eigenvalue weighted by molar-refractivity contribution is 0.769. The van der Waals surface area contributed by atoms with Gasteiger partial charge in [-0.3, -0.25) is 0 Å². The van der Waals surface area contributed by atoms with Gasteiger partial charge in [-0.2, -0.15) is 0 Å². The van der Waals surface area contributed by atoms with Crippen LogP contribution in [0.5, 0.6) is 0 Å². The standard InChI is InChI=1S/C63H40N2S/c1-4-17-43(18-5-1)62-64-58(40-59(65-62)55-28-16-27-54-53-26-13-15-30-60(53)66-61(54)55)52-38-37-47(48-23-10-11-24-49(48)52)42-33-31-41(32-34-42)44-35-36-51-50-25-12-14-29-56(50)63(57(51)39-44,45-19-6-2-7-20-45)46-21-8-3-9-22-46/h1-40H. The molecular weight excluding hydrogens is 817 g/mol. The Bertz CT molecular complexity index is 3760. The molecule has 0 bridgehead atoms. The number of hydrogen-bond acceptors (Lipinski definition) is 3. The smallest absolute Gasteiger partial charge is 0.160 e. The summed E-state index contributed by atoms with van der Waals surface area (Å²) in [4.78, 5) is 10.6. The highest BCUT2D eigenvalue weighted by Gasteiger charge is 2.46. The lowest BCUT2D eigenvalue weighted by Crippen LogP contribution is -2.28. The van der Waals surface area contributed by atoms with E-state index in [1.54, 1.807) is 0 Å². The number of aromatic nitrogens is 2. The third-order valence-corrected chi connectivity index (χ3v) is 14.8. The molecule has 0 saturated carbocycles. The molecule has 0 unspecified atom stereocenters. The maximum atomic E-state index is 5.30. The van der Waals surface area contributed by atoms with Gasteiger partial charge in [0.25, 0.3) is 0 Å².